The number of carbonyl (C=O) groups excluding carboxylic acids is 1. The van der Waals surface area contributed by atoms with Crippen molar-refractivity contribution in [1.82, 2.24) is 0 Å². The minimum absolute atomic E-state index is 0.0923. The molecule has 1 aliphatic carbocycles. The van der Waals surface area contributed by atoms with Gasteiger partial charge in [0.05, 0.1) is 12.0 Å². The van der Waals surface area contributed by atoms with E-state index in [2.05, 4.69) is 33.9 Å². The molecule has 7 heteroatoms. The van der Waals surface area contributed by atoms with Gasteiger partial charge in [0.1, 0.15) is 18.0 Å². The first-order valence-electron chi connectivity index (χ1n) is 10.1. The van der Waals surface area contributed by atoms with Crippen LogP contribution in [-0.4, -0.2) is 57.7 Å². The van der Waals surface area contributed by atoms with E-state index in [-0.39, 0.29) is 41.3 Å². The van der Waals surface area contributed by atoms with E-state index < -0.39 is 14.1 Å². The van der Waals surface area contributed by atoms with Crippen LogP contribution < -0.4 is 0 Å². The van der Waals surface area contributed by atoms with Crippen molar-refractivity contribution in [3.05, 3.63) is 0 Å². The molecule has 1 saturated heterocycles. The van der Waals surface area contributed by atoms with Crippen LogP contribution in [0.2, 0.25) is 18.1 Å². The zero-order valence-electron chi connectivity index (χ0n) is 18.5. The van der Waals surface area contributed by atoms with Gasteiger partial charge in [0, 0.05) is 19.6 Å². The first-order chi connectivity index (χ1) is 12.3. The maximum absolute atomic E-state index is 12.9. The van der Waals surface area contributed by atoms with Crippen molar-refractivity contribution in [2.45, 2.75) is 103 Å². The normalized spacial score (nSPS) is 32.4. The number of hydrogen-bond acceptors (Lipinski definition) is 6. The van der Waals surface area contributed by atoms with E-state index in [1.807, 2.05) is 27.7 Å². The maximum Gasteiger partial charge on any atom is 0.192 e. The maximum atomic E-state index is 12.9. The molecule has 0 aromatic heterocycles. The van der Waals surface area contributed by atoms with Crippen molar-refractivity contribution < 1.29 is 28.2 Å². The van der Waals surface area contributed by atoms with Crippen LogP contribution in [0.5, 0.6) is 0 Å². The van der Waals surface area contributed by atoms with Crippen LogP contribution in [0.25, 0.3) is 0 Å². The Kier molecular flexibility index (Phi) is 6.98. The number of hydrogen-bond donors (Lipinski definition) is 0. The highest BCUT2D eigenvalue weighted by Gasteiger charge is 2.55. The average molecular weight is 403 g/mol. The summed E-state index contributed by atoms with van der Waals surface area (Å²) in [7, 11) is -1.95. The zero-order valence-corrected chi connectivity index (χ0v) is 19.5. The minimum Gasteiger partial charge on any atom is -0.416 e. The molecule has 27 heavy (non-hydrogen) atoms. The summed E-state index contributed by atoms with van der Waals surface area (Å²) in [5.74, 6) is -0.954. The van der Waals surface area contributed by atoms with E-state index in [0.717, 1.165) is 0 Å². The fraction of sp³-hybridized carbons (Fsp3) is 0.950. The van der Waals surface area contributed by atoms with Gasteiger partial charge in [0.25, 0.3) is 0 Å². The van der Waals surface area contributed by atoms with Gasteiger partial charge in [-0.1, -0.05) is 20.8 Å². The Morgan fingerprint density at radius 2 is 1.81 bits per heavy atom. The van der Waals surface area contributed by atoms with Gasteiger partial charge >= 0.3 is 0 Å². The summed E-state index contributed by atoms with van der Waals surface area (Å²) in [6.07, 6.45) is -1.11. The third-order valence-corrected chi connectivity index (χ3v) is 10.4. The van der Waals surface area contributed by atoms with Crippen LogP contribution in [0, 0.1) is 5.92 Å². The topological polar surface area (TPSA) is 63.2 Å². The van der Waals surface area contributed by atoms with Crippen LogP contribution in [0.4, 0.5) is 0 Å². The van der Waals surface area contributed by atoms with Crippen molar-refractivity contribution in [1.29, 1.82) is 0 Å². The van der Waals surface area contributed by atoms with Gasteiger partial charge in [-0.2, -0.15) is 0 Å². The van der Waals surface area contributed by atoms with Gasteiger partial charge < -0.3 is 23.4 Å². The predicted octanol–water partition coefficient (Wildman–Crippen LogP) is 3.89. The van der Waals surface area contributed by atoms with Crippen molar-refractivity contribution in [3.8, 4) is 0 Å². The van der Waals surface area contributed by atoms with E-state index in [4.69, 9.17) is 23.4 Å². The molecule has 0 radical (unpaired) electrons. The van der Waals surface area contributed by atoms with Crippen LogP contribution in [-0.2, 0) is 28.2 Å². The number of ketones is 1. The number of fused-ring (bicyclic) bond motifs is 1. The first kappa shape index (κ1) is 23.0. The second kappa shape index (κ2) is 8.20. The first-order valence-corrected chi connectivity index (χ1v) is 13.0. The largest absolute Gasteiger partial charge is 0.416 e. The molecule has 2 fully saturated rings. The summed E-state index contributed by atoms with van der Waals surface area (Å²) in [6.45, 7) is 19.4. The molecule has 1 heterocycles. The molecular weight excluding hydrogens is 364 g/mol. The van der Waals surface area contributed by atoms with Gasteiger partial charge in [0.15, 0.2) is 20.4 Å². The molecule has 0 aromatic rings. The molecule has 6 nitrogen and oxygen atoms in total. The Balaban J connectivity index is 2.13. The summed E-state index contributed by atoms with van der Waals surface area (Å²) in [4.78, 5) is 12.9. The lowest BCUT2D eigenvalue weighted by molar-refractivity contribution is -0.204. The molecular formula is C20H38O6Si. The number of rotatable bonds is 7. The van der Waals surface area contributed by atoms with E-state index in [1.54, 1.807) is 0 Å². The van der Waals surface area contributed by atoms with E-state index in [9.17, 15) is 4.79 Å². The SMILES string of the molecule is CCOC(C)OC1CC(=O)C(CO[Si](C)(C)C(C)(C)C)C2OC(C)(C)OC12. The Bertz CT molecular complexity index is 527. The van der Waals surface area contributed by atoms with Crippen molar-refractivity contribution in [3.63, 3.8) is 0 Å². The van der Waals surface area contributed by atoms with Crippen LogP contribution in [0.3, 0.4) is 0 Å². The summed E-state index contributed by atoms with van der Waals surface area (Å²) < 4.78 is 30.1. The molecule has 0 N–H and O–H groups in total. The van der Waals surface area contributed by atoms with Crippen LogP contribution in [0.1, 0.15) is 54.9 Å². The zero-order chi connectivity index (χ0) is 20.6. The Labute approximate surface area is 165 Å². The average Bonchev–Trinajstić information content (AvgIpc) is 2.81. The van der Waals surface area contributed by atoms with Gasteiger partial charge in [-0.25, -0.2) is 0 Å². The second-order valence-corrected chi connectivity index (χ2v) is 14.4. The fourth-order valence-corrected chi connectivity index (χ4v) is 4.44. The monoisotopic (exact) mass is 402 g/mol. The quantitative estimate of drug-likeness (QED) is 0.476. The molecule has 2 aliphatic rings. The van der Waals surface area contributed by atoms with Crippen molar-refractivity contribution in [2.24, 2.45) is 5.92 Å². The lowest BCUT2D eigenvalue weighted by Gasteiger charge is -2.40. The van der Waals surface area contributed by atoms with Gasteiger partial charge in [-0.05, 0) is 45.8 Å². The summed E-state index contributed by atoms with van der Waals surface area (Å²) in [5.41, 5.74) is 0. The molecule has 0 spiro atoms. The fourth-order valence-electron chi connectivity index (χ4n) is 3.41. The Morgan fingerprint density at radius 3 is 2.37 bits per heavy atom. The summed E-state index contributed by atoms with van der Waals surface area (Å²) in [6, 6.07) is 0. The highest BCUT2D eigenvalue weighted by atomic mass is 28.4. The third kappa shape index (κ3) is 5.39. The van der Waals surface area contributed by atoms with Crippen molar-refractivity contribution in [2.75, 3.05) is 13.2 Å². The van der Waals surface area contributed by atoms with Gasteiger partial charge in [0.2, 0.25) is 0 Å². The molecule has 5 atom stereocenters. The molecule has 1 saturated carbocycles. The molecule has 1 aliphatic heterocycles. The standard InChI is InChI=1S/C20H38O6Si/c1-10-22-13(2)24-16-11-15(21)14(12-23-27(8,9)19(3,4)5)17-18(16)26-20(6,7)25-17/h13-14,16-18H,10-12H2,1-9H3. The molecule has 0 bridgehead atoms. The molecule has 0 amide bonds. The summed E-state index contributed by atoms with van der Waals surface area (Å²) in [5, 5.41) is 0.0923. The number of Topliss-reactive ketones (excluding diaryl/α,β-unsaturated/α-hetero) is 1. The molecule has 158 valence electrons. The lowest BCUT2D eigenvalue weighted by atomic mass is 9.82. The smallest absolute Gasteiger partial charge is 0.192 e. The van der Waals surface area contributed by atoms with E-state index in [0.29, 0.717) is 19.6 Å². The van der Waals surface area contributed by atoms with Crippen LogP contribution in [0.15, 0.2) is 0 Å². The van der Waals surface area contributed by atoms with Gasteiger partial charge in [-0.15, -0.1) is 0 Å². The second-order valence-electron chi connectivity index (χ2n) is 9.61. The van der Waals surface area contributed by atoms with Gasteiger partial charge in [-0.3, -0.25) is 4.79 Å². The van der Waals surface area contributed by atoms with E-state index >= 15 is 0 Å². The van der Waals surface area contributed by atoms with Crippen LogP contribution >= 0.6 is 0 Å². The number of ether oxygens (including phenoxy) is 4. The van der Waals surface area contributed by atoms with E-state index in [1.165, 1.54) is 0 Å². The third-order valence-electron chi connectivity index (χ3n) is 5.94. The summed E-state index contributed by atoms with van der Waals surface area (Å²) >= 11 is 0. The molecule has 2 rings (SSSR count). The highest BCUT2D eigenvalue weighted by molar-refractivity contribution is 6.74. The lowest BCUT2D eigenvalue weighted by Crippen LogP contribution is -2.54. The highest BCUT2D eigenvalue weighted by Crippen LogP contribution is 2.42. The number of carbonyl (C=O) groups is 1. The predicted molar refractivity (Wildman–Crippen MR) is 106 cm³/mol. The molecule has 5 unspecified atom stereocenters. The minimum atomic E-state index is -1.95. The Hall–Kier alpha value is -0.313. The molecule has 0 aromatic carbocycles. The Morgan fingerprint density at radius 1 is 1.22 bits per heavy atom. The van der Waals surface area contributed by atoms with Crippen molar-refractivity contribution >= 4 is 14.1 Å².